The number of hydrogen-bond acceptors (Lipinski definition) is 2. The number of carbonyl (C=O) groups is 1. The normalized spacial score (nSPS) is 16.8. The molecule has 90 valence electrons. The van der Waals surface area contributed by atoms with Gasteiger partial charge in [-0.1, -0.05) is 30.7 Å². The monoisotopic (exact) mass is 251 g/mol. The average molecular weight is 252 g/mol. The second-order valence-corrected chi connectivity index (χ2v) is 4.51. The highest BCUT2D eigenvalue weighted by atomic mass is 35.5. The Morgan fingerprint density at radius 2 is 2.12 bits per heavy atom. The number of carbonyl (C=O) groups excluding carboxylic acids is 1. The van der Waals surface area contributed by atoms with Crippen LogP contribution >= 0.6 is 11.6 Å². The van der Waals surface area contributed by atoms with Crippen molar-refractivity contribution in [1.29, 1.82) is 0 Å². The zero-order chi connectivity index (χ0) is 12.4. The molecule has 0 aliphatic carbocycles. The minimum absolute atomic E-state index is 0.177. The SMILES string of the molecule is C[C@@H](C1=NN(C(N)=O)CC1)c1ccc(Cl)cc1. The Morgan fingerprint density at radius 3 is 2.65 bits per heavy atom. The van der Waals surface area contributed by atoms with Crippen LogP contribution in [-0.4, -0.2) is 23.3 Å². The van der Waals surface area contributed by atoms with E-state index in [-0.39, 0.29) is 5.92 Å². The maximum atomic E-state index is 11.0. The number of rotatable bonds is 2. The summed E-state index contributed by atoms with van der Waals surface area (Å²) < 4.78 is 0. The summed E-state index contributed by atoms with van der Waals surface area (Å²) in [5, 5.41) is 6.25. The fraction of sp³-hybridized carbons (Fsp3) is 0.333. The molecule has 1 aliphatic heterocycles. The van der Waals surface area contributed by atoms with E-state index >= 15 is 0 Å². The van der Waals surface area contributed by atoms with Crippen LogP contribution in [0.2, 0.25) is 5.02 Å². The maximum Gasteiger partial charge on any atom is 0.335 e. The summed E-state index contributed by atoms with van der Waals surface area (Å²) >= 11 is 5.84. The number of primary amides is 1. The van der Waals surface area contributed by atoms with Crippen molar-refractivity contribution in [3.8, 4) is 0 Å². The third-order valence-corrected chi connectivity index (χ3v) is 3.21. The summed E-state index contributed by atoms with van der Waals surface area (Å²) in [6.07, 6.45) is 0.771. The lowest BCUT2D eigenvalue weighted by molar-refractivity contribution is 0.215. The van der Waals surface area contributed by atoms with Crippen molar-refractivity contribution >= 4 is 23.3 Å². The Hall–Kier alpha value is -1.55. The smallest absolute Gasteiger partial charge is 0.335 e. The van der Waals surface area contributed by atoms with Crippen LogP contribution < -0.4 is 5.73 Å². The van der Waals surface area contributed by atoms with E-state index in [9.17, 15) is 4.79 Å². The summed E-state index contributed by atoms with van der Waals surface area (Å²) in [7, 11) is 0. The number of nitrogens with two attached hydrogens (primary N) is 1. The third-order valence-electron chi connectivity index (χ3n) is 2.95. The summed E-state index contributed by atoms with van der Waals surface area (Å²) in [5.41, 5.74) is 7.30. The van der Waals surface area contributed by atoms with Gasteiger partial charge >= 0.3 is 6.03 Å². The van der Waals surface area contributed by atoms with Crippen LogP contribution in [0.4, 0.5) is 4.79 Å². The van der Waals surface area contributed by atoms with Gasteiger partial charge in [-0.2, -0.15) is 5.10 Å². The number of benzene rings is 1. The van der Waals surface area contributed by atoms with Gasteiger partial charge in [-0.3, -0.25) is 0 Å². The Morgan fingerprint density at radius 1 is 1.47 bits per heavy atom. The quantitative estimate of drug-likeness (QED) is 0.863. The molecule has 0 saturated heterocycles. The first-order valence-corrected chi connectivity index (χ1v) is 5.85. The van der Waals surface area contributed by atoms with Crippen LogP contribution in [0.3, 0.4) is 0 Å². The first kappa shape index (κ1) is 11.9. The van der Waals surface area contributed by atoms with Crippen LogP contribution in [0.25, 0.3) is 0 Å². The van der Waals surface area contributed by atoms with E-state index in [1.807, 2.05) is 24.3 Å². The Balaban J connectivity index is 2.16. The average Bonchev–Trinajstić information content (AvgIpc) is 2.78. The second kappa shape index (κ2) is 4.75. The van der Waals surface area contributed by atoms with Gasteiger partial charge < -0.3 is 5.73 Å². The van der Waals surface area contributed by atoms with Crippen molar-refractivity contribution in [2.45, 2.75) is 19.3 Å². The molecule has 1 aromatic carbocycles. The van der Waals surface area contributed by atoms with Crippen molar-refractivity contribution in [3.63, 3.8) is 0 Å². The van der Waals surface area contributed by atoms with Gasteiger partial charge in [-0.25, -0.2) is 9.80 Å². The number of amides is 2. The van der Waals surface area contributed by atoms with E-state index in [0.29, 0.717) is 11.6 Å². The maximum absolute atomic E-state index is 11.0. The van der Waals surface area contributed by atoms with Crippen LogP contribution in [0.15, 0.2) is 29.4 Å². The molecule has 4 nitrogen and oxygen atoms in total. The molecule has 5 heteroatoms. The molecule has 0 spiro atoms. The molecular weight excluding hydrogens is 238 g/mol. The van der Waals surface area contributed by atoms with Crippen molar-refractivity contribution in [3.05, 3.63) is 34.9 Å². The lowest BCUT2D eigenvalue weighted by atomic mass is 9.95. The first-order chi connectivity index (χ1) is 8.08. The molecule has 0 bridgehead atoms. The summed E-state index contributed by atoms with van der Waals surface area (Å²) in [5.74, 6) is 0.177. The lowest BCUT2D eigenvalue weighted by Gasteiger charge is -2.11. The zero-order valence-electron chi connectivity index (χ0n) is 9.56. The molecule has 0 aromatic heterocycles. The molecule has 2 N–H and O–H groups in total. The van der Waals surface area contributed by atoms with Gasteiger partial charge in [-0.15, -0.1) is 0 Å². The van der Waals surface area contributed by atoms with Crippen molar-refractivity contribution < 1.29 is 4.79 Å². The zero-order valence-corrected chi connectivity index (χ0v) is 10.3. The van der Waals surface area contributed by atoms with E-state index in [2.05, 4.69) is 12.0 Å². The Kier molecular flexibility index (Phi) is 3.33. The highest BCUT2D eigenvalue weighted by Gasteiger charge is 2.23. The summed E-state index contributed by atoms with van der Waals surface area (Å²) in [6.45, 7) is 2.63. The van der Waals surface area contributed by atoms with E-state index < -0.39 is 6.03 Å². The highest BCUT2D eigenvalue weighted by molar-refractivity contribution is 6.30. The molecule has 1 heterocycles. The van der Waals surface area contributed by atoms with Gasteiger partial charge in [-0.05, 0) is 17.7 Å². The molecule has 0 unspecified atom stereocenters. The molecule has 1 aliphatic rings. The Bertz CT molecular complexity index is 455. The largest absolute Gasteiger partial charge is 0.350 e. The van der Waals surface area contributed by atoms with Crippen molar-refractivity contribution in [2.24, 2.45) is 10.8 Å². The van der Waals surface area contributed by atoms with E-state index in [1.54, 1.807) is 0 Å². The van der Waals surface area contributed by atoms with Crippen LogP contribution in [-0.2, 0) is 0 Å². The molecule has 0 fully saturated rings. The van der Waals surface area contributed by atoms with E-state index in [4.69, 9.17) is 17.3 Å². The van der Waals surface area contributed by atoms with Gasteiger partial charge in [0.15, 0.2) is 0 Å². The molecule has 1 aromatic rings. The predicted molar refractivity (Wildman–Crippen MR) is 68.2 cm³/mol. The summed E-state index contributed by atoms with van der Waals surface area (Å²) in [4.78, 5) is 11.0. The minimum atomic E-state index is -0.497. The fourth-order valence-electron chi connectivity index (χ4n) is 1.88. The van der Waals surface area contributed by atoms with E-state index in [0.717, 1.165) is 17.7 Å². The van der Waals surface area contributed by atoms with Crippen molar-refractivity contribution in [1.82, 2.24) is 5.01 Å². The van der Waals surface area contributed by atoms with Gasteiger partial charge in [0.05, 0.1) is 6.54 Å². The third kappa shape index (κ3) is 2.58. The number of hydrogen-bond donors (Lipinski definition) is 1. The highest BCUT2D eigenvalue weighted by Crippen LogP contribution is 2.23. The molecule has 2 amide bonds. The Labute approximate surface area is 105 Å². The molecule has 17 heavy (non-hydrogen) atoms. The predicted octanol–water partition coefficient (Wildman–Crippen LogP) is 2.58. The van der Waals surface area contributed by atoms with Gasteiger partial charge in [0.25, 0.3) is 0 Å². The van der Waals surface area contributed by atoms with Crippen molar-refractivity contribution in [2.75, 3.05) is 6.54 Å². The fourth-order valence-corrected chi connectivity index (χ4v) is 2.01. The number of hydrazone groups is 1. The number of urea groups is 1. The summed E-state index contributed by atoms with van der Waals surface area (Å²) in [6, 6.07) is 7.16. The first-order valence-electron chi connectivity index (χ1n) is 5.47. The van der Waals surface area contributed by atoms with E-state index in [1.165, 1.54) is 5.01 Å². The molecular formula is C12H14ClN3O. The van der Waals surface area contributed by atoms with Crippen LogP contribution in [0.1, 0.15) is 24.8 Å². The standard InChI is InChI=1S/C12H14ClN3O/c1-8(9-2-4-10(13)5-3-9)11-6-7-16(15-11)12(14)17/h2-5,8H,6-7H2,1H3,(H2,14,17)/t8-/m1/s1. The molecule has 0 radical (unpaired) electrons. The number of halogens is 1. The van der Waals surface area contributed by atoms with Gasteiger partial charge in [0, 0.05) is 23.1 Å². The van der Waals surface area contributed by atoms with Crippen LogP contribution in [0.5, 0.6) is 0 Å². The molecule has 2 rings (SSSR count). The minimum Gasteiger partial charge on any atom is -0.350 e. The number of nitrogens with zero attached hydrogens (tertiary/aromatic N) is 2. The van der Waals surface area contributed by atoms with Gasteiger partial charge in [0.2, 0.25) is 0 Å². The lowest BCUT2D eigenvalue weighted by Crippen LogP contribution is -2.29. The topological polar surface area (TPSA) is 58.7 Å². The molecule has 1 atom stereocenters. The second-order valence-electron chi connectivity index (χ2n) is 4.08. The van der Waals surface area contributed by atoms with Crippen LogP contribution in [0, 0.1) is 0 Å². The molecule has 0 saturated carbocycles. The van der Waals surface area contributed by atoms with Gasteiger partial charge in [0.1, 0.15) is 0 Å².